The van der Waals surface area contributed by atoms with Crippen LogP contribution in [0, 0.1) is 0 Å². The zero-order valence-corrected chi connectivity index (χ0v) is 9.66. The SMILES string of the molecule is CCOCCCOc1ccccc1CC. The van der Waals surface area contributed by atoms with Crippen molar-refractivity contribution in [1.82, 2.24) is 0 Å². The van der Waals surface area contributed by atoms with E-state index in [1.807, 2.05) is 25.1 Å². The molecule has 1 aromatic rings. The molecule has 15 heavy (non-hydrogen) atoms. The first-order valence-corrected chi connectivity index (χ1v) is 5.67. The molecule has 0 fully saturated rings. The lowest BCUT2D eigenvalue weighted by atomic mass is 10.1. The minimum absolute atomic E-state index is 0.733. The van der Waals surface area contributed by atoms with Gasteiger partial charge in [0.05, 0.1) is 6.61 Å². The number of aryl methyl sites for hydroxylation is 1. The van der Waals surface area contributed by atoms with Gasteiger partial charge in [-0.05, 0) is 25.0 Å². The van der Waals surface area contributed by atoms with Crippen LogP contribution in [0.1, 0.15) is 25.8 Å². The van der Waals surface area contributed by atoms with Crippen LogP contribution in [0.3, 0.4) is 0 Å². The third-order valence-electron chi connectivity index (χ3n) is 2.25. The standard InChI is InChI=1S/C13H20O2/c1-3-12-8-5-6-9-13(12)15-11-7-10-14-4-2/h5-6,8-9H,3-4,7,10-11H2,1-2H3. The molecular formula is C13H20O2. The number of para-hydroxylation sites is 1. The second-order valence-corrected chi connectivity index (χ2v) is 3.36. The van der Waals surface area contributed by atoms with Gasteiger partial charge in [0.1, 0.15) is 5.75 Å². The van der Waals surface area contributed by atoms with Crippen LogP contribution in [0.25, 0.3) is 0 Å². The fraction of sp³-hybridized carbons (Fsp3) is 0.538. The molecule has 84 valence electrons. The highest BCUT2D eigenvalue weighted by atomic mass is 16.5. The topological polar surface area (TPSA) is 18.5 Å². The maximum atomic E-state index is 5.69. The van der Waals surface area contributed by atoms with E-state index in [2.05, 4.69) is 13.0 Å². The third kappa shape index (κ3) is 4.34. The predicted octanol–water partition coefficient (Wildman–Crippen LogP) is 3.05. The van der Waals surface area contributed by atoms with Crippen molar-refractivity contribution in [1.29, 1.82) is 0 Å². The molecule has 0 N–H and O–H groups in total. The Morgan fingerprint density at radius 3 is 2.60 bits per heavy atom. The smallest absolute Gasteiger partial charge is 0.122 e. The summed E-state index contributed by atoms with van der Waals surface area (Å²) >= 11 is 0. The molecule has 0 aliphatic heterocycles. The van der Waals surface area contributed by atoms with Crippen LogP contribution in [-0.4, -0.2) is 19.8 Å². The third-order valence-corrected chi connectivity index (χ3v) is 2.25. The summed E-state index contributed by atoms with van der Waals surface area (Å²) in [4.78, 5) is 0. The van der Waals surface area contributed by atoms with E-state index in [1.165, 1.54) is 5.56 Å². The van der Waals surface area contributed by atoms with Crippen LogP contribution in [0.2, 0.25) is 0 Å². The molecule has 2 nitrogen and oxygen atoms in total. The first-order valence-electron chi connectivity index (χ1n) is 5.67. The maximum Gasteiger partial charge on any atom is 0.122 e. The van der Waals surface area contributed by atoms with Gasteiger partial charge >= 0.3 is 0 Å². The average molecular weight is 208 g/mol. The van der Waals surface area contributed by atoms with E-state index < -0.39 is 0 Å². The summed E-state index contributed by atoms with van der Waals surface area (Å²) in [5.74, 6) is 1.01. The summed E-state index contributed by atoms with van der Waals surface area (Å²) < 4.78 is 10.9. The molecule has 0 aromatic heterocycles. The first-order chi connectivity index (χ1) is 7.38. The summed E-state index contributed by atoms with van der Waals surface area (Å²) in [5.41, 5.74) is 1.27. The van der Waals surface area contributed by atoms with Crippen LogP contribution in [0.5, 0.6) is 5.75 Å². The highest BCUT2D eigenvalue weighted by molar-refractivity contribution is 5.33. The van der Waals surface area contributed by atoms with Crippen LogP contribution in [-0.2, 0) is 11.2 Å². The molecule has 0 saturated heterocycles. The second-order valence-electron chi connectivity index (χ2n) is 3.36. The van der Waals surface area contributed by atoms with Crippen molar-refractivity contribution in [2.45, 2.75) is 26.7 Å². The first kappa shape index (κ1) is 12.1. The normalized spacial score (nSPS) is 10.3. The molecule has 0 aliphatic carbocycles. The molecule has 0 amide bonds. The fourth-order valence-corrected chi connectivity index (χ4v) is 1.42. The summed E-state index contributed by atoms with van der Waals surface area (Å²) in [6, 6.07) is 8.19. The van der Waals surface area contributed by atoms with Crippen molar-refractivity contribution >= 4 is 0 Å². The molecule has 0 unspecified atom stereocenters. The minimum Gasteiger partial charge on any atom is -0.493 e. The van der Waals surface area contributed by atoms with E-state index in [1.54, 1.807) is 0 Å². The van der Waals surface area contributed by atoms with Crippen molar-refractivity contribution in [2.75, 3.05) is 19.8 Å². The Morgan fingerprint density at radius 1 is 1.07 bits per heavy atom. The Hall–Kier alpha value is -1.02. The van der Waals surface area contributed by atoms with E-state index in [0.717, 1.165) is 38.4 Å². The van der Waals surface area contributed by atoms with Crippen molar-refractivity contribution in [3.05, 3.63) is 29.8 Å². The van der Waals surface area contributed by atoms with Gasteiger partial charge in [0, 0.05) is 19.6 Å². The minimum atomic E-state index is 0.733. The van der Waals surface area contributed by atoms with E-state index in [9.17, 15) is 0 Å². The van der Waals surface area contributed by atoms with Crippen molar-refractivity contribution in [3.63, 3.8) is 0 Å². The Balaban J connectivity index is 2.30. The molecule has 1 aromatic carbocycles. The quantitative estimate of drug-likeness (QED) is 0.641. The zero-order chi connectivity index (χ0) is 10.9. The highest BCUT2D eigenvalue weighted by Gasteiger charge is 1.99. The van der Waals surface area contributed by atoms with Crippen LogP contribution >= 0.6 is 0 Å². The van der Waals surface area contributed by atoms with Gasteiger partial charge in [0.25, 0.3) is 0 Å². The van der Waals surface area contributed by atoms with Crippen molar-refractivity contribution in [3.8, 4) is 5.75 Å². The molecule has 0 atom stereocenters. The number of benzene rings is 1. The van der Waals surface area contributed by atoms with Gasteiger partial charge in [-0.1, -0.05) is 25.1 Å². The van der Waals surface area contributed by atoms with Crippen molar-refractivity contribution in [2.24, 2.45) is 0 Å². The summed E-state index contributed by atoms with van der Waals surface area (Å²) in [6.45, 7) is 6.45. The Bertz CT molecular complexity index is 271. The van der Waals surface area contributed by atoms with Crippen LogP contribution in [0.4, 0.5) is 0 Å². The van der Waals surface area contributed by atoms with E-state index >= 15 is 0 Å². The lowest BCUT2D eigenvalue weighted by molar-refractivity contribution is 0.130. The van der Waals surface area contributed by atoms with Gasteiger partial charge in [-0.25, -0.2) is 0 Å². The second kappa shape index (κ2) is 7.30. The maximum absolute atomic E-state index is 5.69. The number of rotatable bonds is 7. The van der Waals surface area contributed by atoms with Gasteiger partial charge in [-0.15, -0.1) is 0 Å². The van der Waals surface area contributed by atoms with Gasteiger partial charge in [0.2, 0.25) is 0 Å². The summed E-state index contributed by atoms with van der Waals surface area (Å²) in [6.07, 6.45) is 1.97. The Morgan fingerprint density at radius 2 is 1.87 bits per heavy atom. The Kier molecular flexibility index (Phi) is 5.86. The van der Waals surface area contributed by atoms with Gasteiger partial charge in [0.15, 0.2) is 0 Å². The Labute approximate surface area is 92.2 Å². The van der Waals surface area contributed by atoms with E-state index in [-0.39, 0.29) is 0 Å². The molecule has 0 heterocycles. The average Bonchev–Trinajstić information content (AvgIpc) is 2.29. The van der Waals surface area contributed by atoms with E-state index in [0.29, 0.717) is 0 Å². The summed E-state index contributed by atoms with van der Waals surface area (Å²) in [5, 5.41) is 0. The van der Waals surface area contributed by atoms with Crippen LogP contribution < -0.4 is 4.74 Å². The molecule has 0 saturated carbocycles. The van der Waals surface area contributed by atoms with Gasteiger partial charge in [-0.2, -0.15) is 0 Å². The molecule has 0 spiro atoms. The number of hydrogen-bond acceptors (Lipinski definition) is 2. The molecule has 0 aliphatic rings. The fourth-order valence-electron chi connectivity index (χ4n) is 1.42. The highest BCUT2D eigenvalue weighted by Crippen LogP contribution is 2.18. The molecule has 0 radical (unpaired) electrons. The number of ether oxygens (including phenoxy) is 2. The van der Waals surface area contributed by atoms with Crippen molar-refractivity contribution < 1.29 is 9.47 Å². The lowest BCUT2D eigenvalue weighted by Gasteiger charge is -2.09. The summed E-state index contributed by atoms with van der Waals surface area (Å²) in [7, 11) is 0. The van der Waals surface area contributed by atoms with Gasteiger partial charge < -0.3 is 9.47 Å². The molecule has 0 bridgehead atoms. The molecule has 1 rings (SSSR count). The van der Waals surface area contributed by atoms with Gasteiger partial charge in [-0.3, -0.25) is 0 Å². The monoisotopic (exact) mass is 208 g/mol. The lowest BCUT2D eigenvalue weighted by Crippen LogP contribution is -2.04. The zero-order valence-electron chi connectivity index (χ0n) is 9.66. The van der Waals surface area contributed by atoms with Crippen LogP contribution in [0.15, 0.2) is 24.3 Å². The van der Waals surface area contributed by atoms with E-state index in [4.69, 9.17) is 9.47 Å². The predicted molar refractivity (Wildman–Crippen MR) is 62.4 cm³/mol. The molecular weight excluding hydrogens is 188 g/mol. The molecule has 2 heteroatoms. The number of hydrogen-bond donors (Lipinski definition) is 0. The largest absolute Gasteiger partial charge is 0.493 e.